The molecule has 11 atom stereocenters. The first-order chi connectivity index (χ1) is 16.2. The van der Waals surface area contributed by atoms with E-state index in [4.69, 9.17) is 21.7 Å². The smallest absolute Gasteiger partial charge is 0.353 e. The predicted octanol–water partition coefficient (Wildman–Crippen LogP) is 7.54. The van der Waals surface area contributed by atoms with Crippen molar-refractivity contribution < 1.29 is 14.6 Å². The second-order valence-corrected chi connectivity index (χ2v) is 16.2. The minimum absolute atomic E-state index is 0.0284. The molecule has 1 aliphatic heterocycles. The Labute approximate surface area is 219 Å². The van der Waals surface area contributed by atoms with Gasteiger partial charge in [0, 0.05) is 18.1 Å². The van der Waals surface area contributed by atoms with Gasteiger partial charge in [-0.25, -0.2) is 0 Å². The van der Waals surface area contributed by atoms with Gasteiger partial charge in [-0.05, 0) is 122 Å². The van der Waals surface area contributed by atoms with Gasteiger partial charge in [0.15, 0.2) is 0 Å². The van der Waals surface area contributed by atoms with Crippen LogP contribution >= 0.6 is 12.2 Å². The van der Waals surface area contributed by atoms with Gasteiger partial charge in [0.25, 0.3) is 0 Å². The molecule has 0 amide bonds. The van der Waals surface area contributed by atoms with E-state index in [-0.39, 0.29) is 17.1 Å². The summed E-state index contributed by atoms with van der Waals surface area (Å²) in [5.41, 5.74) is 1.28. The van der Waals surface area contributed by atoms with Crippen LogP contribution in [-0.2, 0) is 9.47 Å². The van der Waals surface area contributed by atoms with E-state index < -0.39 is 0 Å². The first kappa shape index (κ1) is 25.0. The number of aliphatic hydroxyl groups is 1. The van der Waals surface area contributed by atoms with E-state index in [1.165, 1.54) is 57.8 Å². The highest BCUT2D eigenvalue weighted by Crippen LogP contribution is 2.77. The average molecular weight is 503 g/mol. The highest BCUT2D eigenvalue weighted by atomic mass is 32.1. The fourth-order valence-electron chi connectivity index (χ4n) is 12.2. The Morgan fingerprint density at radius 2 is 1.49 bits per heavy atom. The molecule has 0 bridgehead atoms. The van der Waals surface area contributed by atoms with Crippen molar-refractivity contribution in [2.75, 3.05) is 6.61 Å². The van der Waals surface area contributed by atoms with Crippen molar-refractivity contribution in [1.29, 1.82) is 0 Å². The lowest BCUT2D eigenvalue weighted by atomic mass is 9.32. The molecule has 6 rings (SSSR count). The van der Waals surface area contributed by atoms with Crippen LogP contribution in [-0.4, -0.2) is 28.7 Å². The van der Waals surface area contributed by atoms with Crippen LogP contribution in [0.25, 0.3) is 0 Å². The number of hydrogen-bond acceptors (Lipinski definition) is 4. The Bertz CT molecular complexity index is 917. The first-order valence-electron chi connectivity index (χ1n) is 14.8. The SMILES string of the molecule is CC1(C)[C@H](O)CC[C@]2(C)[C@H]3CC[C@@H]4[C@H]5[C@H]([C@]6(C)COC(=S)O6)CC[C@]5(C)CC[C@@]4(C)[C@]3(C)CC[C@@H]12. The standard InChI is InChI=1S/C31H50O3S/c1-26(2)21-11-15-30(6)22(28(21,4)14-12-23(26)32)9-8-19-24-20(31(7)18-33-25(35)34-31)10-13-27(24,3)16-17-29(19,30)5/h19-24,32H,8-18H2,1-7H3/t19-,20-,21+,22-,23-,24+,27-,28+,29-,30-,31+/m1/s1. The lowest BCUT2D eigenvalue weighted by Gasteiger charge is -2.73. The van der Waals surface area contributed by atoms with E-state index in [2.05, 4.69) is 48.5 Å². The molecule has 4 heteroatoms. The van der Waals surface area contributed by atoms with Crippen molar-refractivity contribution in [3.05, 3.63) is 0 Å². The van der Waals surface area contributed by atoms with Crippen LogP contribution < -0.4 is 0 Å². The molecule has 1 N–H and O–H groups in total. The summed E-state index contributed by atoms with van der Waals surface area (Å²) < 4.78 is 12.0. The second-order valence-electron chi connectivity index (χ2n) is 15.8. The topological polar surface area (TPSA) is 38.7 Å². The molecule has 1 heterocycles. The van der Waals surface area contributed by atoms with E-state index in [9.17, 15) is 5.11 Å². The number of fused-ring (bicyclic) bond motifs is 7. The molecule has 35 heavy (non-hydrogen) atoms. The third-order valence-electron chi connectivity index (χ3n) is 14.4. The minimum Gasteiger partial charge on any atom is -0.453 e. The van der Waals surface area contributed by atoms with Gasteiger partial charge in [-0.3, -0.25) is 0 Å². The molecule has 5 saturated carbocycles. The summed E-state index contributed by atoms with van der Waals surface area (Å²) >= 11 is 5.34. The Morgan fingerprint density at radius 3 is 2.17 bits per heavy atom. The van der Waals surface area contributed by atoms with Gasteiger partial charge in [-0.2, -0.15) is 0 Å². The maximum atomic E-state index is 11.0. The van der Waals surface area contributed by atoms with Gasteiger partial charge in [0.1, 0.15) is 12.2 Å². The molecule has 6 aliphatic rings. The van der Waals surface area contributed by atoms with Crippen LogP contribution in [0.5, 0.6) is 0 Å². The van der Waals surface area contributed by atoms with Crippen molar-refractivity contribution in [2.45, 2.75) is 124 Å². The highest BCUT2D eigenvalue weighted by Gasteiger charge is 2.71. The number of rotatable bonds is 1. The second kappa shape index (κ2) is 7.39. The molecule has 0 unspecified atom stereocenters. The van der Waals surface area contributed by atoms with Crippen LogP contribution in [0.4, 0.5) is 0 Å². The van der Waals surface area contributed by atoms with Crippen LogP contribution in [0.3, 0.4) is 0 Å². The summed E-state index contributed by atoms with van der Waals surface area (Å²) in [6.45, 7) is 18.3. The fraction of sp³-hybridized carbons (Fsp3) is 0.968. The van der Waals surface area contributed by atoms with E-state index >= 15 is 0 Å². The molecular formula is C31H50O3S. The zero-order valence-corrected chi connectivity index (χ0v) is 24.2. The van der Waals surface area contributed by atoms with Gasteiger partial charge in [0.2, 0.25) is 0 Å². The third-order valence-corrected chi connectivity index (χ3v) is 14.6. The Balaban J connectivity index is 1.37. The van der Waals surface area contributed by atoms with Gasteiger partial charge in [0.05, 0.1) is 6.10 Å². The number of aliphatic hydroxyl groups excluding tert-OH is 1. The molecule has 0 aromatic carbocycles. The van der Waals surface area contributed by atoms with E-state index in [0.717, 1.165) is 18.3 Å². The molecule has 3 nitrogen and oxygen atoms in total. The van der Waals surface area contributed by atoms with Crippen LogP contribution in [0.2, 0.25) is 0 Å². The molecular weight excluding hydrogens is 452 g/mol. The molecule has 0 radical (unpaired) electrons. The summed E-state index contributed by atoms with van der Waals surface area (Å²) in [5, 5.41) is 11.3. The minimum atomic E-state index is -0.261. The first-order valence-corrected chi connectivity index (χ1v) is 15.2. The Hall–Kier alpha value is -0.350. The lowest BCUT2D eigenvalue weighted by Crippen LogP contribution is -2.66. The maximum Gasteiger partial charge on any atom is 0.353 e. The van der Waals surface area contributed by atoms with Crippen molar-refractivity contribution in [3.8, 4) is 0 Å². The van der Waals surface area contributed by atoms with Crippen molar-refractivity contribution in [1.82, 2.24) is 0 Å². The normalized spacial score (nSPS) is 58.9. The summed E-state index contributed by atoms with van der Waals surface area (Å²) in [6, 6.07) is 0. The largest absolute Gasteiger partial charge is 0.453 e. The van der Waals surface area contributed by atoms with Crippen LogP contribution in [0.15, 0.2) is 0 Å². The van der Waals surface area contributed by atoms with Crippen LogP contribution in [0.1, 0.15) is 113 Å². The summed E-state index contributed by atoms with van der Waals surface area (Å²) in [6.07, 6.45) is 12.7. The van der Waals surface area contributed by atoms with Gasteiger partial charge < -0.3 is 14.6 Å². The zero-order chi connectivity index (χ0) is 25.2. The molecule has 1 saturated heterocycles. The fourth-order valence-corrected chi connectivity index (χ4v) is 12.5. The molecule has 0 spiro atoms. The number of hydrogen-bond donors (Lipinski definition) is 1. The van der Waals surface area contributed by atoms with E-state index in [0.29, 0.717) is 51.3 Å². The summed E-state index contributed by atoms with van der Waals surface area (Å²) in [5.74, 6) is 3.39. The van der Waals surface area contributed by atoms with Crippen molar-refractivity contribution in [2.24, 2.45) is 56.7 Å². The van der Waals surface area contributed by atoms with Gasteiger partial charge >= 0.3 is 5.24 Å². The number of ether oxygens (including phenoxy) is 2. The molecule has 198 valence electrons. The zero-order valence-electron chi connectivity index (χ0n) is 23.4. The van der Waals surface area contributed by atoms with Gasteiger partial charge in [-0.15, -0.1) is 0 Å². The highest BCUT2D eigenvalue weighted by molar-refractivity contribution is 7.79. The average Bonchev–Trinajstić information content (AvgIpc) is 3.32. The summed E-state index contributed by atoms with van der Waals surface area (Å²) in [7, 11) is 0. The molecule has 0 aromatic rings. The maximum absolute atomic E-state index is 11.0. The molecule has 5 aliphatic carbocycles. The molecule has 6 fully saturated rings. The lowest BCUT2D eigenvalue weighted by molar-refractivity contribution is -0.250. The Morgan fingerprint density at radius 1 is 0.743 bits per heavy atom. The van der Waals surface area contributed by atoms with Gasteiger partial charge in [-0.1, -0.05) is 41.5 Å². The third kappa shape index (κ3) is 3.02. The van der Waals surface area contributed by atoms with Crippen molar-refractivity contribution >= 4 is 17.5 Å². The van der Waals surface area contributed by atoms with Crippen LogP contribution in [0, 0.1) is 56.7 Å². The predicted molar refractivity (Wildman–Crippen MR) is 144 cm³/mol. The van der Waals surface area contributed by atoms with Crippen molar-refractivity contribution in [3.63, 3.8) is 0 Å². The number of thiocarbonyl (C=S) groups is 1. The monoisotopic (exact) mass is 502 g/mol. The summed E-state index contributed by atoms with van der Waals surface area (Å²) in [4.78, 5) is 0. The van der Waals surface area contributed by atoms with E-state index in [1.807, 2.05) is 0 Å². The van der Waals surface area contributed by atoms with E-state index in [1.54, 1.807) is 0 Å². The Kier molecular flexibility index (Phi) is 5.27. The quantitative estimate of drug-likeness (QED) is 0.376. The molecule has 0 aromatic heterocycles.